The van der Waals surface area contributed by atoms with Crippen molar-refractivity contribution in [3.8, 4) is 11.7 Å². The number of aryl methyl sites for hydroxylation is 1. The molecule has 2 heterocycles. The van der Waals surface area contributed by atoms with Crippen molar-refractivity contribution in [3.63, 3.8) is 0 Å². The van der Waals surface area contributed by atoms with Gasteiger partial charge in [-0.3, -0.25) is 4.79 Å². The first-order valence-electron chi connectivity index (χ1n) is 8.80. The van der Waals surface area contributed by atoms with Gasteiger partial charge in [-0.15, -0.1) is 0 Å². The van der Waals surface area contributed by atoms with Gasteiger partial charge < -0.3 is 4.74 Å². The lowest BCUT2D eigenvalue weighted by atomic mass is 9.81. The van der Waals surface area contributed by atoms with Gasteiger partial charge in [0, 0.05) is 18.0 Å². The molecule has 0 N–H and O–H groups in total. The molecule has 1 aliphatic carbocycles. The van der Waals surface area contributed by atoms with E-state index < -0.39 is 0 Å². The Kier molecular flexibility index (Phi) is 4.66. The van der Waals surface area contributed by atoms with Crippen LogP contribution in [0.5, 0.6) is 5.75 Å². The average molecular weight is 383 g/mol. The highest BCUT2D eigenvalue weighted by Crippen LogP contribution is 2.38. The van der Waals surface area contributed by atoms with E-state index in [0.29, 0.717) is 23.1 Å². The zero-order valence-electron chi connectivity index (χ0n) is 15.1. The Morgan fingerprint density at radius 1 is 1.22 bits per heavy atom. The molecule has 0 bridgehead atoms. The summed E-state index contributed by atoms with van der Waals surface area (Å²) in [5.74, 6) is 1.20. The van der Waals surface area contributed by atoms with E-state index >= 15 is 0 Å². The standard InChI is InChI=1S/C20H19ClN4O2/c1-12-9-22-20(23-10-12)25-19(26)16-7-6-13(8-14(16)11-24-25)15-4-3-5-17(27-2)18(15)21/h3-5,9-11,13H,6-8H2,1-2H3. The number of nitrogens with zero attached hydrogens (tertiary/aromatic N) is 4. The van der Waals surface area contributed by atoms with Crippen LogP contribution < -0.4 is 10.3 Å². The van der Waals surface area contributed by atoms with Crippen molar-refractivity contribution in [2.24, 2.45) is 0 Å². The maximum Gasteiger partial charge on any atom is 0.277 e. The number of halogens is 1. The van der Waals surface area contributed by atoms with Crippen LogP contribution >= 0.6 is 11.6 Å². The molecule has 4 rings (SSSR count). The highest BCUT2D eigenvalue weighted by atomic mass is 35.5. The molecule has 1 unspecified atom stereocenters. The largest absolute Gasteiger partial charge is 0.495 e. The lowest BCUT2D eigenvalue weighted by molar-refractivity contribution is 0.413. The highest BCUT2D eigenvalue weighted by molar-refractivity contribution is 6.32. The van der Waals surface area contributed by atoms with Crippen LogP contribution in [0.25, 0.3) is 5.95 Å². The first-order valence-corrected chi connectivity index (χ1v) is 9.17. The third-order valence-electron chi connectivity index (χ3n) is 4.99. The predicted molar refractivity (Wildman–Crippen MR) is 103 cm³/mol. The number of rotatable bonds is 3. The first kappa shape index (κ1) is 17.7. The molecule has 6 nitrogen and oxygen atoms in total. The first-order chi connectivity index (χ1) is 13.1. The Morgan fingerprint density at radius 3 is 2.74 bits per heavy atom. The average Bonchev–Trinajstić information content (AvgIpc) is 2.69. The second-order valence-corrected chi connectivity index (χ2v) is 7.11. The molecule has 1 aliphatic rings. The van der Waals surface area contributed by atoms with Gasteiger partial charge in [0.05, 0.1) is 18.3 Å². The van der Waals surface area contributed by atoms with E-state index in [4.69, 9.17) is 16.3 Å². The Hall–Kier alpha value is -2.73. The van der Waals surface area contributed by atoms with Crippen LogP contribution in [0.4, 0.5) is 0 Å². The number of hydrogen-bond acceptors (Lipinski definition) is 5. The molecule has 1 atom stereocenters. The molecule has 0 spiro atoms. The number of ether oxygens (including phenoxy) is 1. The Labute approximate surface area is 161 Å². The minimum Gasteiger partial charge on any atom is -0.495 e. The lowest BCUT2D eigenvalue weighted by Crippen LogP contribution is -2.30. The van der Waals surface area contributed by atoms with Crippen molar-refractivity contribution in [2.45, 2.75) is 32.1 Å². The Balaban J connectivity index is 1.68. The summed E-state index contributed by atoms with van der Waals surface area (Å²) in [5.41, 5.74) is 3.57. The normalized spacial score (nSPS) is 16.0. The minimum absolute atomic E-state index is 0.147. The molecular weight excluding hydrogens is 364 g/mol. The summed E-state index contributed by atoms with van der Waals surface area (Å²) < 4.78 is 6.60. The van der Waals surface area contributed by atoms with Gasteiger partial charge in [0.25, 0.3) is 11.5 Å². The smallest absolute Gasteiger partial charge is 0.277 e. The molecular formula is C20H19ClN4O2. The fourth-order valence-electron chi connectivity index (χ4n) is 3.56. The molecule has 3 aromatic rings. The minimum atomic E-state index is -0.147. The summed E-state index contributed by atoms with van der Waals surface area (Å²) >= 11 is 6.50. The number of aromatic nitrogens is 4. The van der Waals surface area contributed by atoms with Gasteiger partial charge in [0.1, 0.15) is 5.75 Å². The number of hydrogen-bond donors (Lipinski definition) is 0. The van der Waals surface area contributed by atoms with Gasteiger partial charge in [-0.05, 0) is 54.9 Å². The molecule has 1 aromatic carbocycles. The summed E-state index contributed by atoms with van der Waals surface area (Å²) in [5, 5.41) is 4.94. The Morgan fingerprint density at radius 2 is 2.00 bits per heavy atom. The van der Waals surface area contributed by atoms with Crippen molar-refractivity contribution in [1.82, 2.24) is 19.7 Å². The third kappa shape index (κ3) is 3.21. The molecule has 0 saturated heterocycles. The van der Waals surface area contributed by atoms with E-state index in [0.717, 1.165) is 35.1 Å². The lowest BCUT2D eigenvalue weighted by Gasteiger charge is -2.25. The van der Waals surface area contributed by atoms with Gasteiger partial charge in [-0.2, -0.15) is 9.78 Å². The van der Waals surface area contributed by atoms with Crippen LogP contribution in [0.1, 0.15) is 34.6 Å². The summed E-state index contributed by atoms with van der Waals surface area (Å²) in [6, 6.07) is 5.82. The van der Waals surface area contributed by atoms with Crippen molar-refractivity contribution in [2.75, 3.05) is 7.11 Å². The summed E-state index contributed by atoms with van der Waals surface area (Å²) in [6.45, 7) is 1.90. The number of methoxy groups -OCH3 is 1. The predicted octanol–water partition coefficient (Wildman–Crippen LogP) is 3.27. The van der Waals surface area contributed by atoms with Gasteiger partial charge in [0.2, 0.25) is 0 Å². The van der Waals surface area contributed by atoms with Crippen LogP contribution in [0, 0.1) is 6.92 Å². The van der Waals surface area contributed by atoms with Crippen molar-refractivity contribution < 1.29 is 4.74 Å². The van der Waals surface area contributed by atoms with Crippen molar-refractivity contribution in [1.29, 1.82) is 0 Å². The van der Waals surface area contributed by atoms with Crippen LogP contribution in [0.15, 0.2) is 41.6 Å². The maximum atomic E-state index is 12.9. The van der Waals surface area contributed by atoms with Gasteiger partial charge in [-0.25, -0.2) is 9.97 Å². The van der Waals surface area contributed by atoms with Crippen LogP contribution in [-0.4, -0.2) is 26.9 Å². The van der Waals surface area contributed by atoms with Gasteiger partial charge in [0.15, 0.2) is 0 Å². The number of fused-ring (bicyclic) bond motifs is 1. The fraction of sp³-hybridized carbons (Fsp3) is 0.300. The SMILES string of the molecule is COc1cccc(C2CCc3c(cnn(-c4ncc(C)cn4)c3=O)C2)c1Cl. The molecule has 0 aliphatic heterocycles. The van der Waals surface area contributed by atoms with E-state index in [9.17, 15) is 4.79 Å². The molecule has 7 heteroatoms. The molecule has 0 saturated carbocycles. The Bertz CT molecular complexity index is 1050. The van der Waals surface area contributed by atoms with Crippen molar-refractivity contribution >= 4 is 11.6 Å². The quantitative estimate of drug-likeness (QED) is 0.695. The van der Waals surface area contributed by atoms with Crippen LogP contribution in [0.3, 0.4) is 0 Å². The van der Waals surface area contributed by atoms with E-state index in [1.54, 1.807) is 25.7 Å². The zero-order valence-corrected chi connectivity index (χ0v) is 15.9. The topological polar surface area (TPSA) is 69.9 Å². The van der Waals surface area contributed by atoms with Crippen molar-refractivity contribution in [3.05, 3.63) is 74.4 Å². The van der Waals surface area contributed by atoms with E-state index in [1.165, 1.54) is 4.68 Å². The van der Waals surface area contributed by atoms with E-state index in [-0.39, 0.29) is 11.5 Å². The number of benzene rings is 1. The van der Waals surface area contributed by atoms with Gasteiger partial charge >= 0.3 is 0 Å². The molecule has 27 heavy (non-hydrogen) atoms. The molecule has 0 radical (unpaired) electrons. The van der Waals surface area contributed by atoms with Gasteiger partial charge in [-0.1, -0.05) is 23.7 Å². The van der Waals surface area contributed by atoms with Crippen LogP contribution in [-0.2, 0) is 12.8 Å². The maximum absolute atomic E-state index is 12.9. The summed E-state index contributed by atoms with van der Waals surface area (Å²) in [7, 11) is 1.61. The molecule has 0 amide bonds. The molecule has 138 valence electrons. The second-order valence-electron chi connectivity index (χ2n) is 6.73. The summed E-state index contributed by atoms with van der Waals surface area (Å²) in [4.78, 5) is 21.3. The van der Waals surface area contributed by atoms with Crippen LogP contribution in [0.2, 0.25) is 5.02 Å². The summed E-state index contributed by atoms with van der Waals surface area (Å²) in [6.07, 6.45) is 7.34. The zero-order chi connectivity index (χ0) is 19.0. The monoisotopic (exact) mass is 382 g/mol. The van der Waals surface area contributed by atoms with E-state index in [2.05, 4.69) is 15.1 Å². The third-order valence-corrected chi connectivity index (χ3v) is 5.39. The second kappa shape index (κ2) is 7.12. The molecule has 2 aromatic heterocycles. The molecule has 0 fully saturated rings. The fourth-order valence-corrected chi connectivity index (χ4v) is 3.91. The highest BCUT2D eigenvalue weighted by Gasteiger charge is 2.26. The van der Waals surface area contributed by atoms with E-state index in [1.807, 2.05) is 25.1 Å².